The van der Waals surface area contributed by atoms with E-state index in [-0.39, 0.29) is 0 Å². The molecule has 0 aromatic heterocycles. The van der Waals surface area contributed by atoms with Crippen LogP contribution in [0.15, 0.2) is 18.2 Å². The number of aryl methyl sites for hydroxylation is 1. The maximum Gasteiger partial charge on any atom is 0.0399 e. The van der Waals surface area contributed by atoms with E-state index in [4.69, 9.17) is 0 Å². The summed E-state index contributed by atoms with van der Waals surface area (Å²) in [5.74, 6) is 0. The average Bonchev–Trinajstić information content (AvgIpc) is 2.51. The van der Waals surface area contributed by atoms with Crippen molar-refractivity contribution in [2.24, 2.45) is 0 Å². The van der Waals surface area contributed by atoms with Crippen molar-refractivity contribution in [1.29, 1.82) is 0 Å². The fraction of sp³-hybridized carbons (Fsp3) is 0.667. The molecule has 0 atom stereocenters. The topological polar surface area (TPSA) is 18.5 Å². The first-order valence-corrected chi connectivity index (χ1v) is 8.46. The van der Waals surface area contributed by atoms with Crippen LogP contribution < -0.4 is 10.2 Å². The first-order valence-electron chi connectivity index (χ1n) is 8.46. The molecule has 3 nitrogen and oxygen atoms in total. The summed E-state index contributed by atoms with van der Waals surface area (Å²) in [6.45, 7) is 14.9. The van der Waals surface area contributed by atoms with Crippen molar-refractivity contribution in [3.05, 3.63) is 29.3 Å². The van der Waals surface area contributed by atoms with Crippen LogP contribution in [-0.4, -0.2) is 50.7 Å². The Labute approximate surface area is 130 Å². The molecule has 21 heavy (non-hydrogen) atoms. The lowest BCUT2D eigenvalue weighted by atomic mass is 10.1. The second-order valence-corrected chi connectivity index (χ2v) is 6.11. The zero-order valence-electron chi connectivity index (χ0n) is 14.0. The fourth-order valence-electron chi connectivity index (χ4n) is 3.05. The van der Waals surface area contributed by atoms with E-state index in [1.807, 2.05) is 0 Å². The lowest BCUT2D eigenvalue weighted by molar-refractivity contribution is 0.252. The van der Waals surface area contributed by atoms with Crippen molar-refractivity contribution in [1.82, 2.24) is 10.2 Å². The Morgan fingerprint density at radius 1 is 1.05 bits per heavy atom. The molecule has 1 N–H and O–H groups in total. The van der Waals surface area contributed by atoms with Crippen LogP contribution in [0.5, 0.6) is 0 Å². The van der Waals surface area contributed by atoms with Crippen LogP contribution in [0.2, 0.25) is 0 Å². The molecule has 0 radical (unpaired) electrons. The molecule has 0 amide bonds. The SMILES string of the molecule is CCNCCCCN1CCN(c2cccc(C)c2C)CC1. The minimum absolute atomic E-state index is 1.09. The summed E-state index contributed by atoms with van der Waals surface area (Å²) >= 11 is 0. The highest BCUT2D eigenvalue weighted by atomic mass is 15.3. The van der Waals surface area contributed by atoms with Crippen molar-refractivity contribution >= 4 is 5.69 Å². The Morgan fingerprint density at radius 3 is 2.52 bits per heavy atom. The van der Waals surface area contributed by atoms with E-state index < -0.39 is 0 Å². The summed E-state index contributed by atoms with van der Waals surface area (Å²) in [5, 5.41) is 3.40. The Kier molecular flexibility index (Phi) is 6.52. The summed E-state index contributed by atoms with van der Waals surface area (Å²) in [5.41, 5.74) is 4.27. The average molecular weight is 289 g/mol. The maximum absolute atomic E-state index is 3.40. The van der Waals surface area contributed by atoms with E-state index in [0.29, 0.717) is 0 Å². The summed E-state index contributed by atoms with van der Waals surface area (Å²) in [6, 6.07) is 6.67. The molecule has 0 spiro atoms. The van der Waals surface area contributed by atoms with Gasteiger partial charge in [-0.05, 0) is 63.5 Å². The smallest absolute Gasteiger partial charge is 0.0399 e. The molecule has 1 heterocycles. The van der Waals surface area contributed by atoms with Crippen molar-refractivity contribution < 1.29 is 0 Å². The number of rotatable bonds is 7. The molecule has 1 aliphatic heterocycles. The van der Waals surface area contributed by atoms with E-state index in [1.165, 1.54) is 55.8 Å². The second-order valence-electron chi connectivity index (χ2n) is 6.11. The lowest BCUT2D eigenvalue weighted by Crippen LogP contribution is -2.46. The summed E-state index contributed by atoms with van der Waals surface area (Å²) in [6.07, 6.45) is 2.61. The molecular formula is C18H31N3. The quantitative estimate of drug-likeness (QED) is 0.779. The van der Waals surface area contributed by atoms with E-state index in [1.54, 1.807) is 0 Å². The first-order chi connectivity index (χ1) is 10.2. The number of piperazine rings is 1. The van der Waals surface area contributed by atoms with Crippen LogP contribution in [0, 0.1) is 13.8 Å². The highest BCUT2D eigenvalue weighted by Gasteiger charge is 2.18. The van der Waals surface area contributed by atoms with Crippen molar-refractivity contribution in [3.8, 4) is 0 Å². The van der Waals surface area contributed by atoms with Gasteiger partial charge in [0, 0.05) is 31.9 Å². The minimum Gasteiger partial charge on any atom is -0.369 e. The van der Waals surface area contributed by atoms with Crippen LogP contribution in [0.25, 0.3) is 0 Å². The standard InChI is InChI=1S/C18H31N3/c1-4-19-10-5-6-11-20-12-14-21(15-13-20)18-9-7-8-16(2)17(18)3/h7-9,19H,4-6,10-15H2,1-3H3. The summed E-state index contributed by atoms with van der Waals surface area (Å²) < 4.78 is 0. The van der Waals surface area contributed by atoms with E-state index >= 15 is 0 Å². The molecule has 0 aliphatic carbocycles. The van der Waals surface area contributed by atoms with Gasteiger partial charge in [-0.1, -0.05) is 19.1 Å². The number of hydrogen-bond acceptors (Lipinski definition) is 3. The molecular weight excluding hydrogens is 258 g/mol. The molecule has 1 aromatic rings. The highest BCUT2D eigenvalue weighted by Crippen LogP contribution is 2.23. The van der Waals surface area contributed by atoms with Crippen LogP contribution >= 0.6 is 0 Å². The zero-order valence-corrected chi connectivity index (χ0v) is 14.0. The largest absolute Gasteiger partial charge is 0.369 e. The summed E-state index contributed by atoms with van der Waals surface area (Å²) in [4.78, 5) is 5.17. The van der Waals surface area contributed by atoms with Gasteiger partial charge in [-0.2, -0.15) is 0 Å². The second kappa shape index (κ2) is 8.40. The fourth-order valence-corrected chi connectivity index (χ4v) is 3.05. The van der Waals surface area contributed by atoms with Crippen LogP contribution in [0.3, 0.4) is 0 Å². The maximum atomic E-state index is 3.40. The number of benzene rings is 1. The van der Waals surface area contributed by atoms with Crippen molar-refractivity contribution in [2.45, 2.75) is 33.6 Å². The van der Waals surface area contributed by atoms with Gasteiger partial charge >= 0.3 is 0 Å². The molecule has 0 saturated carbocycles. The Hall–Kier alpha value is -1.06. The predicted molar refractivity (Wildman–Crippen MR) is 92.3 cm³/mol. The molecule has 2 rings (SSSR count). The van der Waals surface area contributed by atoms with Crippen LogP contribution in [-0.2, 0) is 0 Å². The predicted octanol–water partition coefficient (Wildman–Crippen LogP) is 2.82. The molecule has 0 bridgehead atoms. The molecule has 1 fully saturated rings. The third kappa shape index (κ3) is 4.72. The molecule has 0 unspecified atom stereocenters. The van der Waals surface area contributed by atoms with E-state index in [2.05, 4.69) is 54.1 Å². The third-order valence-corrected chi connectivity index (χ3v) is 4.62. The third-order valence-electron chi connectivity index (χ3n) is 4.62. The lowest BCUT2D eigenvalue weighted by Gasteiger charge is -2.37. The van der Waals surface area contributed by atoms with Gasteiger partial charge in [0.1, 0.15) is 0 Å². The highest BCUT2D eigenvalue weighted by molar-refractivity contribution is 5.56. The van der Waals surface area contributed by atoms with E-state index in [9.17, 15) is 0 Å². The van der Waals surface area contributed by atoms with Crippen molar-refractivity contribution in [3.63, 3.8) is 0 Å². The Morgan fingerprint density at radius 2 is 1.81 bits per heavy atom. The number of unbranched alkanes of at least 4 members (excludes halogenated alkanes) is 1. The number of hydrogen-bond donors (Lipinski definition) is 1. The molecule has 1 aromatic carbocycles. The van der Waals surface area contributed by atoms with Gasteiger partial charge in [0.2, 0.25) is 0 Å². The van der Waals surface area contributed by atoms with Crippen molar-refractivity contribution in [2.75, 3.05) is 50.7 Å². The van der Waals surface area contributed by atoms with Gasteiger partial charge in [-0.15, -0.1) is 0 Å². The Bertz CT molecular complexity index is 422. The Balaban J connectivity index is 1.74. The van der Waals surface area contributed by atoms with Gasteiger partial charge in [-0.25, -0.2) is 0 Å². The molecule has 1 saturated heterocycles. The monoisotopic (exact) mass is 289 g/mol. The van der Waals surface area contributed by atoms with Gasteiger partial charge < -0.3 is 10.2 Å². The van der Waals surface area contributed by atoms with Gasteiger partial charge in [0.25, 0.3) is 0 Å². The minimum atomic E-state index is 1.09. The zero-order chi connectivity index (χ0) is 15.1. The first kappa shape index (κ1) is 16.3. The van der Waals surface area contributed by atoms with E-state index in [0.717, 1.165) is 19.6 Å². The van der Waals surface area contributed by atoms with Crippen LogP contribution in [0.4, 0.5) is 5.69 Å². The van der Waals surface area contributed by atoms with Gasteiger partial charge in [0.05, 0.1) is 0 Å². The number of anilines is 1. The normalized spacial score (nSPS) is 16.4. The summed E-state index contributed by atoms with van der Waals surface area (Å²) in [7, 11) is 0. The molecule has 3 heteroatoms. The number of nitrogens with zero attached hydrogens (tertiary/aromatic N) is 2. The number of nitrogens with one attached hydrogen (secondary N) is 1. The van der Waals surface area contributed by atoms with Crippen LogP contribution in [0.1, 0.15) is 30.9 Å². The molecule has 118 valence electrons. The van der Waals surface area contributed by atoms with Gasteiger partial charge in [-0.3, -0.25) is 4.90 Å². The van der Waals surface area contributed by atoms with Gasteiger partial charge in [0.15, 0.2) is 0 Å². The molecule has 1 aliphatic rings.